The molecular formula is C14F14Se. The van der Waals surface area contributed by atoms with Crippen molar-refractivity contribution in [3.63, 3.8) is 0 Å². The van der Waals surface area contributed by atoms with E-state index in [4.69, 9.17) is 0 Å². The van der Waals surface area contributed by atoms with Crippen LogP contribution in [-0.2, 0) is 12.4 Å². The van der Waals surface area contributed by atoms with Gasteiger partial charge < -0.3 is 0 Å². The van der Waals surface area contributed by atoms with E-state index in [-0.39, 0.29) is 0 Å². The van der Waals surface area contributed by atoms with Gasteiger partial charge in [0.1, 0.15) is 0 Å². The van der Waals surface area contributed by atoms with Crippen molar-refractivity contribution in [3.8, 4) is 0 Å². The molecule has 0 nitrogen and oxygen atoms in total. The Morgan fingerprint density at radius 3 is 0.759 bits per heavy atom. The molecule has 2 aromatic carbocycles. The molecule has 0 aromatic heterocycles. The number of hydrogen-bond acceptors (Lipinski definition) is 0. The molecule has 0 radical (unpaired) electrons. The van der Waals surface area contributed by atoms with Crippen LogP contribution < -0.4 is 8.92 Å². The van der Waals surface area contributed by atoms with Crippen LogP contribution in [0, 0.1) is 46.5 Å². The fraction of sp³-hybridized carbons (Fsp3) is 0.143. The Labute approximate surface area is 156 Å². The third-order valence-corrected chi connectivity index (χ3v) is 5.58. The fourth-order valence-electron chi connectivity index (χ4n) is 2.00. The second-order valence-electron chi connectivity index (χ2n) is 5.02. The summed E-state index contributed by atoms with van der Waals surface area (Å²) >= 11 is -2.88. The molecule has 0 saturated carbocycles. The van der Waals surface area contributed by atoms with Crippen LogP contribution in [0.2, 0.25) is 0 Å². The van der Waals surface area contributed by atoms with Crippen molar-refractivity contribution in [3.05, 3.63) is 57.7 Å². The first-order valence-electron chi connectivity index (χ1n) is 6.55. The Bertz CT molecular complexity index is 850. The predicted molar refractivity (Wildman–Crippen MR) is 67.6 cm³/mol. The summed E-state index contributed by atoms with van der Waals surface area (Å²) in [6, 6.07) is 0. The number of rotatable bonds is 2. The number of alkyl halides is 6. The van der Waals surface area contributed by atoms with E-state index in [1.807, 2.05) is 0 Å². The average Bonchev–Trinajstić information content (AvgIpc) is 2.55. The van der Waals surface area contributed by atoms with E-state index in [0.717, 1.165) is 0 Å². The number of hydrogen-bond donors (Lipinski definition) is 0. The zero-order valence-corrected chi connectivity index (χ0v) is 14.4. The van der Waals surface area contributed by atoms with Crippen LogP contribution in [0.1, 0.15) is 11.1 Å². The van der Waals surface area contributed by atoms with Gasteiger partial charge in [-0.1, -0.05) is 0 Å². The van der Waals surface area contributed by atoms with Crippen molar-refractivity contribution >= 4 is 23.9 Å². The van der Waals surface area contributed by atoms with Gasteiger partial charge in [-0.2, -0.15) is 0 Å². The molecule has 2 aromatic rings. The molecule has 160 valence electrons. The van der Waals surface area contributed by atoms with Crippen LogP contribution in [0.15, 0.2) is 0 Å². The van der Waals surface area contributed by atoms with Crippen LogP contribution >= 0.6 is 0 Å². The predicted octanol–water partition coefficient (Wildman–Crippen LogP) is 4.49. The molecular weight excluding hydrogens is 513 g/mol. The molecule has 0 fully saturated rings. The minimum absolute atomic E-state index is 2.09. The van der Waals surface area contributed by atoms with E-state index in [0.29, 0.717) is 0 Å². The second kappa shape index (κ2) is 7.34. The molecule has 0 unspecified atom stereocenters. The quantitative estimate of drug-likeness (QED) is 0.316. The van der Waals surface area contributed by atoms with Gasteiger partial charge in [0.15, 0.2) is 0 Å². The molecule has 0 aliphatic carbocycles. The Hall–Kier alpha value is -2.02. The van der Waals surface area contributed by atoms with Gasteiger partial charge in [0.25, 0.3) is 0 Å². The van der Waals surface area contributed by atoms with Gasteiger partial charge in [-0.3, -0.25) is 0 Å². The van der Waals surface area contributed by atoms with Crippen LogP contribution in [0.25, 0.3) is 0 Å². The molecule has 29 heavy (non-hydrogen) atoms. The van der Waals surface area contributed by atoms with Crippen LogP contribution in [0.5, 0.6) is 0 Å². The monoisotopic (exact) mass is 514 g/mol. The van der Waals surface area contributed by atoms with E-state index >= 15 is 0 Å². The van der Waals surface area contributed by atoms with Gasteiger partial charge in [-0.25, -0.2) is 0 Å². The molecule has 0 amide bonds. The Balaban J connectivity index is 2.77. The summed E-state index contributed by atoms with van der Waals surface area (Å²) in [5.41, 5.74) is -6.06. The first-order chi connectivity index (χ1) is 13.0. The Morgan fingerprint density at radius 2 is 0.586 bits per heavy atom. The first kappa shape index (κ1) is 23.3. The summed E-state index contributed by atoms with van der Waals surface area (Å²) in [5, 5.41) is 0. The van der Waals surface area contributed by atoms with Crippen molar-refractivity contribution in [2.75, 3.05) is 0 Å². The zero-order valence-electron chi connectivity index (χ0n) is 12.7. The second-order valence-corrected chi connectivity index (χ2v) is 7.16. The molecule has 0 aliphatic heterocycles. The summed E-state index contributed by atoms with van der Waals surface area (Å²) in [4.78, 5) is 0. The molecule has 15 heteroatoms. The molecule has 2 rings (SSSR count). The average molecular weight is 513 g/mol. The van der Waals surface area contributed by atoms with Gasteiger partial charge >= 0.3 is 155 Å². The van der Waals surface area contributed by atoms with Crippen molar-refractivity contribution in [2.24, 2.45) is 0 Å². The van der Waals surface area contributed by atoms with Gasteiger partial charge in [0, 0.05) is 0 Å². The third kappa shape index (κ3) is 3.89. The minimum atomic E-state index is -5.94. The molecule has 0 aliphatic rings. The van der Waals surface area contributed by atoms with Gasteiger partial charge in [0.05, 0.1) is 0 Å². The van der Waals surface area contributed by atoms with E-state index in [9.17, 15) is 61.5 Å². The first-order valence-corrected chi connectivity index (χ1v) is 8.27. The van der Waals surface area contributed by atoms with E-state index in [2.05, 4.69) is 0 Å². The summed E-state index contributed by atoms with van der Waals surface area (Å²) in [7, 11) is 0. The topological polar surface area (TPSA) is 0 Å². The van der Waals surface area contributed by atoms with Gasteiger partial charge in [-0.15, -0.1) is 0 Å². The fourth-order valence-corrected chi connectivity index (χ4v) is 3.93. The standard InChI is InChI=1S/C14F14Se/c15-3-1(13(23,24)25)4(16)8(20)11(7(3)19)29-12-9(21)5(17)2(14(26,27)28)6(18)10(12)22. The van der Waals surface area contributed by atoms with Crippen molar-refractivity contribution in [2.45, 2.75) is 12.4 Å². The van der Waals surface area contributed by atoms with Gasteiger partial charge in [0.2, 0.25) is 0 Å². The molecule has 0 N–H and O–H groups in total. The van der Waals surface area contributed by atoms with Crippen molar-refractivity contribution in [1.82, 2.24) is 0 Å². The van der Waals surface area contributed by atoms with Crippen molar-refractivity contribution in [1.29, 1.82) is 0 Å². The van der Waals surface area contributed by atoms with Crippen LogP contribution in [0.4, 0.5) is 61.5 Å². The van der Waals surface area contributed by atoms with E-state index < -0.39 is 93.9 Å². The van der Waals surface area contributed by atoms with Gasteiger partial charge in [-0.05, 0) is 0 Å². The summed E-state index contributed by atoms with van der Waals surface area (Å²) in [6.07, 6.45) is -11.9. The molecule has 0 spiro atoms. The summed E-state index contributed by atoms with van der Waals surface area (Å²) in [6.45, 7) is 0. The SMILES string of the molecule is Fc1c(F)c(C(F)(F)F)c(F)c(F)c1[Se]c1c(F)c(F)c(C(F)(F)F)c(F)c1F. The normalized spacial score (nSPS) is 12.6. The van der Waals surface area contributed by atoms with Crippen LogP contribution in [0.3, 0.4) is 0 Å². The van der Waals surface area contributed by atoms with Crippen molar-refractivity contribution < 1.29 is 61.5 Å². The maximum atomic E-state index is 13.8. The molecule has 0 bridgehead atoms. The summed E-state index contributed by atoms with van der Waals surface area (Å²) in [5.74, 6) is -23.3. The van der Waals surface area contributed by atoms with Crippen LogP contribution in [-0.4, -0.2) is 15.0 Å². The molecule has 0 saturated heterocycles. The molecule has 0 heterocycles. The molecule has 0 atom stereocenters. The zero-order chi connectivity index (χ0) is 22.6. The Morgan fingerprint density at radius 1 is 0.379 bits per heavy atom. The number of benzene rings is 2. The van der Waals surface area contributed by atoms with E-state index in [1.54, 1.807) is 0 Å². The maximum absolute atomic E-state index is 13.8. The third-order valence-electron chi connectivity index (χ3n) is 3.22. The Kier molecular flexibility index (Phi) is 5.89. The summed E-state index contributed by atoms with van der Waals surface area (Å²) < 4.78 is 180. The van der Waals surface area contributed by atoms with E-state index in [1.165, 1.54) is 0 Å². The number of halogens is 14.